The maximum atomic E-state index is 11.4. The van der Waals surface area contributed by atoms with Gasteiger partial charge in [-0.2, -0.15) is 13.2 Å². The van der Waals surface area contributed by atoms with E-state index in [2.05, 4.69) is 4.18 Å². The van der Waals surface area contributed by atoms with Crippen LogP contribution < -0.4 is 0 Å². The maximum absolute atomic E-state index is 11.4. The molecule has 0 aliphatic heterocycles. The first-order chi connectivity index (χ1) is 5.06. The minimum absolute atomic E-state index is 0.179. The van der Waals surface area contributed by atoms with Crippen LogP contribution in [0, 0.1) is 0 Å². The fourth-order valence-corrected chi connectivity index (χ4v) is 0.854. The van der Waals surface area contributed by atoms with E-state index < -0.39 is 17.6 Å². The van der Waals surface area contributed by atoms with Gasteiger partial charge in [0.1, 0.15) is 12.0 Å². The van der Waals surface area contributed by atoms with Crippen molar-refractivity contribution in [2.24, 2.45) is 0 Å². The van der Waals surface area contributed by atoms with Gasteiger partial charge in [-0.15, -0.1) is 0 Å². The van der Waals surface area contributed by atoms with E-state index in [9.17, 15) is 13.2 Å². The van der Waals surface area contributed by atoms with Crippen LogP contribution in [0.25, 0.3) is 0 Å². The van der Waals surface area contributed by atoms with Gasteiger partial charge in [-0.1, -0.05) is 19.8 Å². The molecule has 0 spiro atoms. The van der Waals surface area contributed by atoms with E-state index in [0.717, 1.165) is 12.8 Å². The quantitative estimate of drug-likeness (QED) is 0.483. The van der Waals surface area contributed by atoms with Crippen LogP contribution in [0.4, 0.5) is 13.2 Å². The van der Waals surface area contributed by atoms with E-state index in [0.29, 0.717) is 6.42 Å². The molecule has 11 heavy (non-hydrogen) atoms. The van der Waals surface area contributed by atoms with Crippen LogP contribution in [0.5, 0.6) is 0 Å². The average Bonchev–Trinajstić information content (AvgIpc) is 1.85. The van der Waals surface area contributed by atoms with Crippen LogP contribution in [0.15, 0.2) is 0 Å². The van der Waals surface area contributed by atoms with Gasteiger partial charge in [0.25, 0.3) is 0 Å². The molecule has 1 nitrogen and oxygen atoms in total. The van der Waals surface area contributed by atoms with Crippen molar-refractivity contribution in [2.75, 3.05) is 6.61 Å². The molecule has 0 radical (unpaired) electrons. The fourth-order valence-electron chi connectivity index (χ4n) is 0.519. The van der Waals surface area contributed by atoms with Crippen molar-refractivity contribution in [2.45, 2.75) is 31.7 Å². The lowest BCUT2D eigenvalue weighted by Gasteiger charge is -2.04. The molecule has 0 N–H and O–H groups in total. The second kappa shape index (κ2) is 5.71. The van der Waals surface area contributed by atoms with Crippen LogP contribution >= 0.6 is 12.0 Å². The zero-order valence-electron chi connectivity index (χ0n) is 6.28. The molecule has 0 aromatic heterocycles. The molecule has 0 amide bonds. The van der Waals surface area contributed by atoms with Crippen molar-refractivity contribution in [3.05, 3.63) is 0 Å². The first-order valence-corrected chi connectivity index (χ1v) is 4.18. The lowest BCUT2D eigenvalue weighted by atomic mass is 10.3. The highest BCUT2D eigenvalue weighted by molar-refractivity contribution is 7.95. The van der Waals surface area contributed by atoms with Crippen molar-refractivity contribution in [1.82, 2.24) is 0 Å². The third-order valence-electron chi connectivity index (χ3n) is 0.985. The standard InChI is InChI=1S/C6H11F3OS/c1-2-3-4-5-10-11-6(7,8)9/h2-5H2,1H3. The van der Waals surface area contributed by atoms with E-state index in [1.807, 2.05) is 6.92 Å². The SMILES string of the molecule is CCCCCOSC(F)(F)F. The number of hydrogen-bond acceptors (Lipinski definition) is 2. The summed E-state index contributed by atoms with van der Waals surface area (Å²) in [6, 6.07) is 0. The third kappa shape index (κ3) is 10.1. The predicted molar refractivity (Wildman–Crippen MR) is 39.1 cm³/mol. The molecule has 0 unspecified atom stereocenters. The molecule has 0 heterocycles. The lowest BCUT2D eigenvalue weighted by molar-refractivity contribution is -0.0397. The largest absolute Gasteiger partial charge is 0.467 e. The van der Waals surface area contributed by atoms with Crippen molar-refractivity contribution in [3.8, 4) is 0 Å². The zero-order valence-corrected chi connectivity index (χ0v) is 7.10. The first-order valence-electron chi connectivity index (χ1n) is 3.43. The molecule has 0 aromatic rings. The van der Waals surface area contributed by atoms with Crippen LogP contribution in [0.3, 0.4) is 0 Å². The molecule has 0 aliphatic rings. The van der Waals surface area contributed by atoms with Gasteiger partial charge in [-0.25, -0.2) is 0 Å². The van der Waals surface area contributed by atoms with Crippen molar-refractivity contribution in [3.63, 3.8) is 0 Å². The van der Waals surface area contributed by atoms with Crippen molar-refractivity contribution < 1.29 is 17.4 Å². The molecular formula is C6H11F3OS. The van der Waals surface area contributed by atoms with E-state index in [-0.39, 0.29) is 6.61 Å². The zero-order chi connectivity index (χ0) is 8.74. The van der Waals surface area contributed by atoms with Crippen LogP contribution in [-0.2, 0) is 4.18 Å². The summed E-state index contributed by atoms with van der Waals surface area (Å²) in [7, 11) is 0. The van der Waals surface area contributed by atoms with Crippen LogP contribution in [0.2, 0.25) is 0 Å². The van der Waals surface area contributed by atoms with Crippen LogP contribution in [0.1, 0.15) is 26.2 Å². The van der Waals surface area contributed by atoms with E-state index in [4.69, 9.17) is 0 Å². The normalized spacial score (nSPS) is 12.0. The summed E-state index contributed by atoms with van der Waals surface area (Å²) in [6.07, 6.45) is 2.60. The lowest BCUT2D eigenvalue weighted by Crippen LogP contribution is -2.01. The van der Waals surface area contributed by atoms with Gasteiger partial charge >= 0.3 is 5.51 Å². The van der Waals surface area contributed by atoms with Crippen LogP contribution in [-0.4, -0.2) is 12.1 Å². The van der Waals surface area contributed by atoms with Crippen molar-refractivity contribution in [1.29, 1.82) is 0 Å². The molecule has 0 saturated carbocycles. The Bertz CT molecular complexity index is 94.3. The molecule has 0 fully saturated rings. The van der Waals surface area contributed by atoms with E-state index in [1.165, 1.54) is 0 Å². The smallest absolute Gasteiger partial charge is 0.308 e. The second-order valence-corrected chi connectivity index (χ2v) is 2.92. The third-order valence-corrected chi connectivity index (χ3v) is 1.46. The Morgan fingerprint density at radius 1 is 1.27 bits per heavy atom. The van der Waals surface area contributed by atoms with Crippen molar-refractivity contribution >= 4 is 12.0 Å². The summed E-state index contributed by atoms with van der Waals surface area (Å²) >= 11 is -0.416. The molecular weight excluding hydrogens is 177 g/mol. The molecule has 0 rings (SSSR count). The summed E-state index contributed by atoms with van der Waals surface area (Å²) in [5, 5.41) is 0. The molecule has 0 bridgehead atoms. The van der Waals surface area contributed by atoms with E-state index >= 15 is 0 Å². The minimum Gasteiger partial charge on any atom is -0.308 e. The highest BCUT2D eigenvalue weighted by Gasteiger charge is 2.29. The summed E-state index contributed by atoms with van der Waals surface area (Å²) in [5.74, 6) is 0. The Labute approximate surface area is 68.5 Å². The number of hydrogen-bond donors (Lipinski definition) is 0. The summed E-state index contributed by atoms with van der Waals surface area (Å²) < 4.78 is 38.5. The molecule has 0 saturated heterocycles. The predicted octanol–water partition coefficient (Wildman–Crippen LogP) is 3.36. The van der Waals surface area contributed by atoms with E-state index in [1.54, 1.807) is 0 Å². The maximum Gasteiger partial charge on any atom is 0.467 e. The highest BCUT2D eigenvalue weighted by Crippen LogP contribution is 2.30. The molecule has 68 valence electrons. The number of rotatable bonds is 5. The van der Waals surface area contributed by atoms with Gasteiger partial charge in [-0.05, 0) is 6.42 Å². The fraction of sp³-hybridized carbons (Fsp3) is 1.00. The Hall–Kier alpha value is 0.100. The average molecular weight is 188 g/mol. The topological polar surface area (TPSA) is 9.23 Å². The molecule has 0 aromatic carbocycles. The first kappa shape index (κ1) is 11.1. The van der Waals surface area contributed by atoms with Gasteiger partial charge in [-0.3, -0.25) is 0 Å². The second-order valence-electron chi connectivity index (χ2n) is 2.06. The Morgan fingerprint density at radius 2 is 1.91 bits per heavy atom. The molecule has 0 atom stereocenters. The van der Waals surface area contributed by atoms with Gasteiger partial charge in [0.2, 0.25) is 0 Å². The molecule has 5 heteroatoms. The number of alkyl halides is 3. The van der Waals surface area contributed by atoms with Gasteiger partial charge in [0, 0.05) is 0 Å². The van der Waals surface area contributed by atoms with Gasteiger partial charge in [0.05, 0.1) is 6.61 Å². The Kier molecular flexibility index (Phi) is 5.76. The monoisotopic (exact) mass is 188 g/mol. The molecule has 0 aliphatic carbocycles. The summed E-state index contributed by atoms with van der Waals surface area (Å²) in [5.41, 5.74) is -4.26. The highest BCUT2D eigenvalue weighted by atomic mass is 32.2. The summed E-state index contributed by atoms with van der Waals surface area (Å²) in [6.45, 7) is 2.16. The Morgan fingerprint density at radius 3 is 2.36 bits per heavy atom. The Balaban J connectivity index is 3.02. The minimum atomic E-state index is -4.26. The van der Waals surface area contributed by atoms with Gasteiger partial charge < -0.3 is 4.18 Å². The summed E-state index contributed by atoms with van der Waals surface area (Å²) in [4.78, 5) is 0. The number of halogens is 3. The van der Waals surface area contributed by atoms with Gasteiger partial charge in [0.15, 0.2) is 0 Å². The number of unbranched alkanes of at least 4 members (excludes halogenated alkanes) is 2.